The predicted molar refractivity (Wildman–Crippen MR) is 134 cm³/mol. The lowest BCUT2D eigenvalue weighted by Gasteiger charge is -2.14. The number of carbonyl (C=O) groups is 1. The number of nitro groups is 1. The second-order valence-corrected chi connectivity index (χ2v) is 8.88. The molecule has 0 fully saturated rings. The van der Waals surface area contributed by atoms with E-state index in [1.165, 1.54) is 23.9 Å². The van der Waals surface area contributed by atoms with Crippen molar-refractivity contribution in [3.8, 4) is 11.4 Å². The van der Waals surface area contributed by atoms with Gasteiger partial charge in [0.1, 0.15) is 5.75 Å². The van der Waals surface area contributed by atoms with Crippen molar-refractivity contribution in [1.29, 1.82) is 0 Å². The first-order valence-corrected chi connectivity index (χ1v) is 11.6. The van der Waals surface area contributed by atoms with Crippen LogP contribution in [0.1, 0.15) is 16.7 Å². The number of aryl methyl sites for hydroxylation is 3. The van der Waals surface area contributed by atoms with E-state index >= 15 is 0 Å². The molecule has 9 heteroatoms. The van der Waals surface area contributed by atoms with E-state index in [2.05, 4.69) is 10.3 Å². The van der Waals surface area contributed by atoms with Gasteiger partial charge in [-0.15, -0.1) is 0 Å². The highest BCUT2D eigenvalue weighted by Crippen LogP contribution is 2.34. The number of aromatic nitrogens is 2. The number of anilines is 1. The molecule has 0 aliphatic heterocycles. The van der Waals surface area contributed by atoms with Crippen molar-refractivity contribution < 1.29 is 14.5 Å². The fourth-order valence-electron chi connectivity index (χ4n) is 3.99. The number of thioether (sulfide) groups is 1. The van der Waals surface area contributed by atoms with Gasteiger partial charge in [-0.3, -0.25) is 19.5 Å². The maximum atomic E-state index is 12.8. The molecule has 0 aliphatic carbocycles. The highest BCUT2D eigenvalue weighted by molar-refractivity contribution is 7.99. The molecule has 0 saturated heterocycles. The number of amides is 1. The number of fused-ring (bicyclic) bond motifs is 1. The monoisotopic (exact) mass is 476 g/mol. The van der Waals surface area contributed by atoms with Crippen LogP contribution >= 0.6 is 11.8 Å². The molecule has 0 spiro atoms. The minimum atomic E-state index is -0.450. The Morgan fingerprint density at radius 2 is 1.82 bits per heavy atom. The molecule has 4 rings (SSSR count). The van der Waals surface area contributed by atoms with Gasteiger partial charge in [0.2, 0.25) is 5.91 Å². The fourth-order valence-corrected chi connectivity index (χ4v) is 4.81. The zero-order valence-electron chi connectivity index (χ0n) is 19.3. The largest absolute Gasteiger partial charge is 0.495 e. The van der Waals surface area contributed by atoms with Crippen LogP contribution in [0.5, 0.6) is 5.75 Å². The number of methoxy groups -OCH3 is 1. The van der Waals surface area contributed by atoms with Crippen molar-refractivity contribution in [2.24, 2.45) is 0 Å². The van der Waals surface area contributed by atoms with E-state index in [9.17, 15) is 14.9 Å². The van der Waals surface area contributed by atoms with E-state index < -0.39 is 4.92 Å². The number of rotatable bonds is 7. The molecule has 4 aromatic rings. The SMILES string of the molecule is COc1ccccc1-n1c(SCC(=O)Nc2c(C)cc(C)cc2C)nc2cc([N+](=O)[O-])ccc21. The first-order valence-electron chi connectivity index (χ1n) is 10.6. The zero-order chi connectivity index (χ0) is 24.4. The highest BCUT2D eigenvalue weighted by Gasteiger charge is 2.20. The Morgan fingerprint density at radius 1 is 1.12 bits per heavy atom. The number of nitrogens with one attached hydrogen (secondary N) is 1. The van der Waals surface area contributed by atoms with Crippen LogP contribution in [0.2, 0.25) is 0 Å². The molecule has 1 N–H and O–H groups in total. The van der Waals surface area contributed by atoms with Crippen LogP contribution in [0.25, 0.3) is 16.7 Å². The fraction of sp³-hybridized carbons (Fsp3) is 0.200. The molecule has 8 nitrogen and oxygen atoms in total. The molecule has 0 aliphatic rings. The Balaban J connectivity index is 1.69. The van der Waals surface area contributed by atoms with Gasteiger partial charge in [-0.1, -0.05) is 41.6 Å². The molecular formula is C25H24N4O4S. The first kappa shape index (κ1) is 23.3. The Labute approximate surface area is 201 Å². The molecule has 0 radical (unpaired) electrons. The van der Waals surface area contributed by atoms with E-state index in [0.717, 1.165) is 28.1 Å². The first-order chi connectivity index (χ1) is 16.3. The number of imidazole rings is 1. The molecule has 1 aromatic heterocycles. The van der Waals surface area contributed by atoms with E-state index in [0.29, 0.717) is 21.9 Å². The summed E-state index contributed by atoms with van der Waals surface area (Å²) >= 11 is 1.26. The third-order valence-electron chi connectivity index (χ3n) is 5.42. The molecule has 34 heavy (non-hydrogen) atoms. The van der Waals surface area contributed by atoms with E-state index in [1.54, 1.807) is 13.2 Å². The predicted octanol–water partition coefficient (Wildman–Crippen LogP) is 5.60. The molecule has 1 heterocycles. The van der Waals surface area contributed by atoms with Crippen LogP contribution < -0.4 is 10.1 Å². The van der Waals surface area contributed by atoms with Crippen LogP contribution in [0.4, 0.5) is 11.4 Å². The summed E-state index contributed by atoms with van der Waals surface area (Å²) in [5.74, 6) is 0.579. The summed E-state index contributed by atoms with van der Waals surface area (Å²) in [4.78, 5) is 28.3. The minimum Gasteiger partial charge on any atom is -0.495 e. The lowest BCUT2D eigenvalue weighted by Crippen LogP contribution is -2.16. The Kier molecular flexibility index (Phi) is 6.56. The van der Waals surface area contributed by atoms with Gasteiger partial charge in [-0.2, -0.15) is 0 Å². The number of benzene rings is 3. The number of hydrogen-bond acceptors (Lipinski definition) is 6. The van der Waals surface area contributed by atoms with E-state index in [-0.39, 0.29) is 17.3 Å². The van der Waals surface area contributed by atoms with Crippen LogP contribution in [-0.4, -0.2) is 33.2 Å². The van der Waals surface area contributed by atoms with E-state index in [4.69, 9.17) is 4.74 Å². The Morgan fingerprint density at radius 3 is 2.50 bits per heavy atom. The highest BCUT2D eigenvalue weighted by atomic mass is 32.2. The topological polar surface area (TPSA) is 99.3 Å². The Bertz CT molecular complexity index is 1390. The van der Waals surface area contributed by atoms with Gasteiger partial charge < -0.3 is 10.1 Å². The number of carbonyl (C=O) groups excluding carboxylic acids is 1. The molecule has 174 valence electrons. The molecule has 0 bridgehead atoms. The summed E-state index contributed by atoms with van der Waals surface area (Å²) in [6.45, 7) is 5.96. The summed E-state index contributed by atoms with van der Waals surface area (Å²) in [5, 5.41) is 14.8. The van der Waals surface area contributed by atoms with E-state index in [1.807, 2.05) is 61.7 Å². The molecular weight excluding hydrogens is 452 g/mol. The maximum Gasteiger partial charge on any atom is 0.271 e. The molecule has 0 saturated carbocycles. The minimum absolute atomic E-state index is 0.0446. The van der Waals surface area contributed by atoms with Gasteiger partial charge in [-0.25, -0.2) is 4.98 Å². The van der Waals surface area contributed by atoms with Crippen molar-refractivity contribution in [1.82, 2.24) is 9.55 Å². The molecule has 1 amide bonds. The summed E-state index contributed by atoms with van der Waals surface area (Å²) < 4.78 is 7.39. The molecule has 0 atom stereocenters. The number of hydrogen-bond donors (Lipinski definition) is 1. The number of nitrogens with zero attached hydrogens (tertiary/aromatic N) is 3. The van der Waals surface area contributed by atoms with Gasteiger partial charge in [0.25, 0.3) is 5.69 Å². The number of non-ortho nitro benzene ring substituents is 1. The van der Waals surface area contributed by atoms with Crippen LogP contribution in [0.15, 0.2) is 59.8 Å². The quantitative estimate of drug-likeness (QED) is 0.212. The van der Waals surface area contributed by atoms with Gasteiger partial charge in [0, 0.05) is 17.8 Å². The van der Waals surface area contributed by atoms with Crippen LogP contribution in [0.3, 0.4) is 0 Å². The second-order valence-electron chi connectivity index (χ2n) is 7.94. The van der Waals surface area contributed by atoms with Crippen molar-refractivity contribution in [3.63, 3.8) is 0 Å². The third-order valence-corrected chi connectivity index (χ3v) is 6.36. The van der Waals surface area contributed by atoms with Crippen molar-refractivity contribution in [3.05, 3.63) is 81.4 Å². The van der Waals surface area contributed by atoms with Gasteiger partial charge in [0.05, 0.1) is 34.5 Å². The lowest BCUT2D eigenvalue weighted by molar-refractivity contribution is -0.384. The number of ether oxygens (including phenoxy) is 1. The standard InChI is InChI=1S/C25H24N4O4S/c1-15-11-16(2)24(17(3)12-15)27-23(30)14-34-25-26-19-13-18(29(31)32)9-10-20(19)28(25)21-7-5-6-8-22(21)33-4/h5-13H,14H2,1-4H3,(H,27,30). The summed E-state index contributed by atoms with van der Waals surface area (Å²) in [5.41, 5.74) is 5.80. The second kappa shape index (κ2) is 9.56. The molecule has 0 unspecified atom stereocenters. The van der Waals surface area contributed by atoms with Crippen LogP contribution in [0, 0.1) is 30.9 Å². The van der Waals surface area contributed by atoms with Gasteiger partial charge in [0.15, 0.2) is 5.16 Å². The Hall–Kier alpha value is -3.85. The summed E-state index contributed by atoms with van der Waals surface area (Å²) in [7, 11) is 1.58. The average molecular weight is 477 g/mol. The maximum absolute atomic E-state index is 12.8. The lowest BCUT2D eigenvalue weighted by atomic mass is 10.1. The number of para-hydroxylation sites is 2. The average Bonchev–Trinajstić information content (AvgIpc) is 3.17. The van der Waals surface area contributed by atoms with Crippen molar-refractivity contribution in [2.45, 2.75) is 25.9 Å². The van der Waals surface area contributed by atoms with Gasteiger partial charge >= 0.3 is 0 Å². The smallest absolute Gasteiger partial charge is 0.271 e. The molecule has 3 aromatic carbocycles. The summed E-state index contributed by atoms with van der Waals surface area (Å²) in [6.07, 6.45) is 0. The third kappa shape index (κ3) is 4.60. The zero-order valence-corrected chi connectivity index (χ0v) is 20.1. The number of nitro benzene ring substituents is 1. The normalized spacial score (nSPS) is 10.9. The van der Waals surface area contributed by atoms with Crippen molar-refractivity contribution >= 4 is 40.1 Å². The van der Waals surface area contributed by atoms with Crippen LogP contribution in [-0.2, 0) is 4.79 Å². The van der Waals surface area contributed by atoms with Gasteiger partial charge in [-0.05, 0) is 50.1 Å². The van der Waals surface area contributed by atoms with Crippen molar-refractivity contribution in [2.75, 3.05) is 18.2 Å². The summed E-state index contributed by atoms with van der Waals surface area (Å²) in [6, 6.07) is 16.0.